The number of aliphatic hydroxyl groups is 2. The molecule has 1 aliphatic heterocycles. The number of benzene rings is 3. The maximum absolute atomic E-state index is 14.3. The van der Waals surface area contributed by atoms with E-state index < -0.39 is 29.7 Å². The van der Waals surface area contributed by atoms with E-state index in [1.165, 1.54) is 14.2 Å². The molecule has 9 nitrogen and oxygen atoms in total. The zero-order chi connectivity index (χ0) is 31.3. The number of ether oxygens (including phenoxy) is 3. The maximum Gasteiger partial charge on any atom is 0.303 e. The quantitative estimate of drug-likeness (QED) is 0.251. The fraction of sp³-hybridized carbons (Fsp3) is 0.394. The van der Waals surface area contributed by atoms with Gasteiger partial charge in [0.1, 0.15) is 12.2 Å². The molecule has 3 aromatic rings. The lowest BCUT2D eigenvalue weighted by Crippen LogP contribution is -2.45. The number of methoxy groups -OCH3 is 2. The number of para-hydroxylation sites is 1. The van der Waals surface area contributed by atoms with Crippen molar-refractivity contribution in [2.45, 2.75) is 51.4 Å². The zero-order valence-corrected chi connectivity index (χ0v) is 25.5. The number of carboxylic acid groups (broad SMARTS) is 1. The fourth-order valence-corrected chi connectivity index (χ4v) is 5.40. The molecule has 3 atom stereocenters. The third kappa shape index (κ3) is 7.48. The summed E-state index contributed by atoms with van der Waals surface area (Å²) in [4.78, 5) is 26.8. The number of aliphatic hydroxyl groups excluding tert-OH is 2. The number of rotatable bonds is 12. The summed E-state index contributed by atoms with van der Waals surface area (Å²) >= 11 is 6.49. The van der Waals surface area contributed by atoms with E-state index in [4.69, 9.17) is 30.9 Å². The third-order valence-corrected chi connectivity index (χ3v) is 7.80. The average molecular weight is 612 g/mol. The molecule has 0 aromatic heterocycles. The second-order valence-electron chi connectivity index (χ2n) is 11.4. The second-order valence-corrected chi connectivity index (χ2v) is 11.9. The number of carbonyl (C=O) groups is 2. The summed E-state index contributed by atoms with van der Waals surface area (Å²) in [7, 11) is 3.06. The van der Waals surface area contributed by atoms with Crippen molar-refractivity contribution in [2.75, 3.05) is 32.3 Å². The Morgan fingerprint density at radius 1 is 1.07 bits per heavy atom. The van der Waals surface area contributed by atoms with Gasteiger partial charge in [-0.3, -0.25) is 9.59 Å². The number of amides is 1. The summed E-state index contributed by atoms with van der Waals surface area (Å²) in [5.41, 5.74) is 2.57. The van der Waals surface area contributed by atoms with Crippen molar-refractivity contribution in [3.8, 4) is 11.5 Å². The van der Waals surface area contributed by atoms with Crippen molar-refractivity contribution in [1.82, 2.24) is 0 Å². The topological polar surface area (TPSA) is 126 Å². The summed E-state index contributed by atoms with van der Waals surface area (Å²) < 4.78 is 17.9. The molecule has 0 bridgehead atoms. The van der Waals surface area contributed by atoms with Gasteiger partial charge in [0.05, 0.1) is 20.3 Å². The van der Waals surface area contributed by atoms with Crippen molar-refractivity contribution in [3.63, 3.8) is 0 Å². The molecule has 43 heavy (non-hydrogen) atoms. The molecular weight excluding hydrogens is 574 g/mol. The molecule has 4 rings (SSSR count). The van der Waals surface area contributed by atoms with Crippen LogP contribution in [0.3, 0.4) is 0 Å². The number of carbonyl (C=O) groups excluding carboxylic acids is 1. The van der Waals surface area contributed by atoms with E-state index in [0.717, 1.165) is 5.56 Å². The highest BCUT2D eigenvalue weighted by Gasteiger charge is 2.40. The maximum atomic E-state index is 14.3. The number of carboxylic acids is 1. The van der Waals surface area contributed by atoms with Crippen molar-refractivity contribution >= 4 is 29.2 Å². The first-order chi connectivity index (χ1) is 20.5. The van der Waals surface area contributed by atoms with E-state index in [2.05, 4.69) is 0 Å². The number of aliphatic carboxylic acids is 1. The SMILES string of the molecule is COc1cccc(C2OC(CC(O)c3ccc(CCC(=O)O)cc3)C(=O)N(CC(C)(C)CO)c3ccc(Cl)cc32)c1OC. The van der Waals surface area contributed by atoms with Gasteiger partial charge in [-0.1, -0.05) is 61.8 Å². The van der Waals surface area contributed by atoms with Gasteiger partial charge in [-0.25, -0.2) is 0 Å². The highest BCUT2D eigenvalue weighted by Crippen LogP contribution is 2.46. The first kappa shape index (κ1) is 32.3. The van der Waals surface area contributed by atoms with E-state index >= 15 is 0 Å². The van der Waals surface area contributed by atoms with Crippen LogP contribution in [0.25, 0.3) is 0 Å². The lowest BCUT2D eigenvalue weighted by molar-refractivity contribution is -0.137. The normalized spacial score (nSPS) is 17.7. The molecular formula is C33H38ClNO8. The third-order valence-electron chi connectivity index (χ3n) is 7.56. The van der Waals surface area contributed by atoms with Gasteiger partial charge in [-0.2, -0.15) is 0 Å². The summed E-state index contributed by atoms with van der Waals surface area (Å²) in [6, 6.07) is 17.6. The minimum Gasteiger partial charge on any atom is -0.493 e. The summed E-state index contributed by atoms with van der Waals surface area (Å²) in [5.74, 6) is -0.326. The molecule has 0 saturated carbocycles. The van der Waals surface area contributed by atoms with E-state index in [1.807, 2.05) is 19.9 Å². The van der Waals surface area contributed by atoms with Crippen LogP contribution in [0.15, 0.2) is 60.7 Å². The van der Waals surface area contributed by atoms with Gasteiger partial charge < -0.3 is 34.4 Å². The molecule has 0 fully saturated rings. The number of nitrogens with zero attached hydrogens (tertiary/aromatic N) is 1. The van der Waals surface area contributed by atoms with Gasteiger partial charge in [0.15, 0.2) is 11.5 Å². The number of fused-ring (bicyclic) bond motifs is 1. The van der Waals surface area contributed by atoms with E-state index in [0.29, 0.717) is 45.3 Å². The summed E-state index contributed by atoms with van der Waals surface area (Å²) in [6.07, 6.45) is -2.66. The van der Waals surface area contributed by atoms with Crippen molar-refractivity contribution in [2.24, 2.45) is 5.41 Å². The molecule has 3 N–H and O–H groups in total. The minimum atomic E-state index is -1.09. The number of hydrogen-bond donors (Lipinski definition) is 3. The minimum absolute atomic E-state index is 0.00599. The van der Waals surface area contributed by atoms with Crippen molar-refractivity contribution < 1.29 is 39.1 Å². The molecule has 1 heterocycles. The van der Waals surface area contributed by atoms with Crippen LogP contribution in [0.2, 0.25) is 5.02 Å². The predicted octanol–water partition coefficient (Wildman–Crippen LogP) is 5.34. The Bertz CT molecular complexity index is 1440. The van der Waals surface area contributed by atoms with Gasteiger partial charge in [-0.05, 0) is 41.8 Å². The summed E-state index contributed by atoms with van der Waals surface area (Å²) in [5, 5.41) is 30.8. The molecule has 3 unspecified atom stereocenters. The zero-order valence-electron chi connectivity index (χ0n) is 24.7. The van der Waals surface area contributed by atoms with Crippen LogP contribution in [0.4, 0.5) is 5.69 Å². The van der Waals surface area contributed by atoms with E-state index in [1.54, 1.807) is 59.5 Å². The van der Waals surface area contributed by atoms with E-state index in [-0.39, 0.29) is 31.9 Å². The van der Waals surface area contributed by atoms with Gasteiger partial charge in [-0.15, -0.1) is 0 Å². The Labute approximate surface area is 256 Å². The Hall–Kier alpha value is -3.63. The van der Waals surface area contributed by atoms with Crippen molar-refractivity contribution in [1.29, 1.82) is 0 Å². The van der Waals surface area contributed by atoms with Crippen LogP contribution in [-0.2, 0) is 20.7 Å². The van der Waals surface area contributed by atoms with Gasteiger partial charge in [0.25, 0.3) is 5.91 Å². The molecule has 0 saturated heterocycles. The molecule has 0 aliphatic carbocycles. The van der Waals surface area contributed by atoms with Gasteiger partial charge in [0, 0.05) is 53.2 Å². The molecule has 1 amide bonds. The van der Waals surface area contributed by atoms with Crippen LogP contribution < -0.4 is 14.4 Å². The summed E-state index contributed by atoms with van der Waals surface area (Å²) in [6.45, 7) is 3.75. The number of hydrogen-bond acceptors (Lipinski definition) is 7. The van der Waals surface area contributed by atoms with Crippen LogP contribution >= 0.6 is 11.6 Å². The molecule has 230 valence electrons. The Balaban J connectivity index is 1.78. The highest BCUT2D eigenvalue weighted by molar-refractivity contribution is 6.30. The van der Waals surface area contributed by atoms with Crippen LogP contribution in [0.1, 0.15) is 61.2 Å². The molecule has 3 aromatic carbocycles. The first-order valence-electron chi connectivity index (χ1n) is 14.0. The molecule has 10 heteroatoms. The van der Waals surface area contributed by atoms with Crippen LogP contribution in [-0.4, -0.2) is 60.7 Å². The monoisotopic (exact) mass is 611 g/mol. The molecule has 0 radical (unpaired) electrons. The van der Waals surface area contributed by atoms with Gasteiger partial charge in [0.2, 0.25) is 0 Å². The predicted molar refractivity (Wildman–Crippen MR) is 163 cm³/mol. The molecule has 1 aliphatic rings. The lowest BCUT2D eigenvalue weighted by Gasteiger charge is -2.33. The van der Waals surface area contributed by atoms with Crippen molar-refractivity contribution in [3.05, 3.63) is 87.9 Å². The molecule has 0 spiro atoms. The Kier molecular flexibility index (Phi) is 10.3. The first-order valence-corrected chi connectivity index (χ1v) is 14.4. The van der Waals surface area contributed by atoms with Crippen LogP contribution in [0, 0.1) is 5.41 Å². The van der Waals surface area contributed by atoms with Crippen LogP contribution in [0.5, 0.6) is 11.5 Å². The number of anilines is 1. The Morgan fingerprint density at radius 3 is 2.42 bits per heavy atom. The Morgan fingerprint density at radius 2 is 1.79 bits per heavy atom. The second kappa shape index (κ2) is 13.8. The number of aryl methyl sites for hydroxylation is 1. The van der Waals surface area contributed by atoms with Gasteiger partial charge >= 0.3 is 5.97 Å². The number of halogens is 1. The van der Waals surface area contributed by atoms with E-state index in [9.17, 15) is 19.8 Å². The lowest BCUT2D eigenvalue weighted by atomic mass is 9.92. The largest absolute Gasteiger partial charge is 0.493 e. The fourth-order valence-electron chi connectivity index (χ4n) is 5.22. The highest BCUT2D eigenvalue weighted by atomic mass is 35.5. The smallest absolute Gasteiger partial charge is 0.303 e. The standard InChI is InChI=1S/C33H38ClNO8/c1-33(2,19-36)18-35-25-14-13-22(34)16-24(25)30(23-6-5-7-27(41-3)31(23)42-4)43-28(32(35)40)17-26(37)21-11-8-20(9-12-21)10-15-29(38)39/h5-9,11-14,16,26,28,30,36-37H,10,15,17-19H2,1-4H3,(H,38,39). The average Bonchev–Trinajstić information content (AvgIpc) is 3.09.